The highest BCUT2D eigenvalue weighted by atomic mass is 35.5. The Balaban J connectivity index is 0.00000220. The predicted molar refractivity (Wildman–Crippen MR) is 85.3 cm³/mol. The molecule has 0 radical (unpaired) electrons. The van der Waals surface area contributed by atoms with Crippen molar-refractivity contribution in [1.29, 1.82) is 0 Å². The first-order chi connectivity index (χ1) is 9.51. The van der Waals surface area contributed by atoms with Crippen LogP contribution in [0.15, 0.2) is 42.5 Å². The highest BCUT2D eigenvalue weighted by molar-refractivity contribution is 6.30. The van der Waals surface area contributed by atoms with E-state index in [-0.39, 0.29) is 24.2 Å². The number of hydrogen-bond acceptors (Lipinski definition) is 1. The number of nitrogens with two attached hydrogens (primary N) is 1. The average molecular weight is 332 g/mol. The molecule has 2 atom stereocenters. The van der Waals surface area contributed by atoms with E-state index in [2.05, 4.69) is 0 Å². The van der Waals surface area contributed by atoms with Gasteiger partial charge in [0.1, 0.15) is 11.6 Å². The van der Waals surface area contributed by atoms with Crippen molar-refractivity contribution in [1.82, 2.24) is 0 Å². The van der Waals surface area contributed by atoms with Gasteiger partial charge in [0, 0.05) is 17.0 Å². The Hall–Kier alpha value is -1.16. The summed E-state index contributed by atoms with van der Waals surface area (Å²) in [5.74, 6) is -1.27. The fourth-order valence-electron chi connectivity index (χ4n) is 2.42. The van der Waals surface area contributed by atoms with E-state index in [1.54, 1.807) is 12.1 Å². The first-order valence-electron chi connectivity index (χ1n) is 6.42. The number of halogens is 4. The highest BCUT2D eigenvalue weighted by Crippen LogP contribution is 2.33. The van der Waals surface area contributed by atoms with E-state index in [0.717, 1.165) is 11.6 Å². The summed E-state index contributed by atoms with van der Waals surface area (Å²) in [6.07, 6.45) is 0. The molecule has 2 aromatic rings. The van der Waals surface area contributed by atoms with Gasteiger partial charge >= 0.3 is 0 Å². The zero-order chi connectivity index (χ0) is 14.7. The Bertz CT molecular complexity index is 567. The molecule has 0 amide bonds. The Kier molecular flexibility index (Phi) is 6.59. The lowest BCUT2D eigenvalue weighted by Gasteiger charge is -2.23. The van der Waals surface area contributed by atoms with Gasteiger partial charge in [0.05, 0.1) is 0 Å². The molecule has 1 nitrogen and oxygen atoms in total. The van der Waals surface area contributed by atoms with Gasteiger partial charge in [0.2, 0.25) is 0 Å². The molecule has 0 aliphatic carbocycles. The summed E-state index contributed by atoms with van der Waals surface area (Å²) in [6, 6.07) is 11.0. The molecule has 0 saturated carbocycles. The molecule has 21 heavy (non-hydrogen) atoms. The monoisotopic (exact) mass is 331 g/mol. The molecule has 0 aromatic heterocycles. The van der Waals surface area contributed by atoms with Crippen molar-refractivity contribution in [3.63, 3.8) is 0 Å². The van der Waals surface area contributed by atoms with Crippen LogP contribution in [0.4, 0.5) is 8.78 Å². The minimum Gasteiger partial charge on any atom is -0.330 e. The smallest absolute Gasteiger partial charge is 0.126 e. The Morgan fingerprint density at radius 1 is 1.00 bits per heavy atom. The summed E-state index contributed by atoms with van der Waals surface area (Å²) in [5, 5.41) is 0.655. The van der Waals surface area contributed by atoms with Crippen molar-refractivity contribution in [3.05, 3.63) is 70.2 Å². The van der Waals surface area contributed by atoms with Crippen molar-refractivity contribution in [2.24, 2.45) is 5.73 Å². The predicted octanol–water partition coefficient (Wildman–Crippen LogP) is 4.89. The van der Waals surface area contributed by atoms with Crippen LogP contribution in [0.2, 0.25) is 5.02 Å². The Morgan fingerprint density at radius 3 is 2.00 bits per heavy atom. The lowest BCUT2D eigenvalue weighted by Crippen LogP contribution is -2.19. The second kappa shape index (κ2) is 7.74. The molecule has 0 spiro atoms. The fourth-order valence-corrected chi connectivity index (χ4v) is 2.54. The highest BCUT2D eigenvalue weighted by Gasteiger charge is 2.20. The minimum absolute atomic E-state index is 0. The molecular formula is C16H17Cl2F2N. The Labute approximate surface area is 134 Å². The molecular weight excluding hydrogens is 315 g/mol. The molecule has 114 valence electrons. The maximum atomic E-state index is 13.3. The van der Waals surface area contributed by atoms with Gasteiger partial charge < -0.3 is 5.73 Å². The maximum Gasteiger partial charge on any atom is 0.126 e. The van der Waals surface area contributed by atoms with Crippen molar-refractivity contribution in [2.45, 2.75) is 18.8 Å². The maximum absolute atomic E-state index is 13.3. The van der Waals surface area contributed by atoms with Crippen LogP contribution in [-0.2, 0) is 0 Å². The molecule has 2 unspecified atom stereocenters. The van der Waals surface area contributed by atoms with E-state index in [9.17, 15) is 8.78 Å². The second-order valence-electron chi connectivity index (χ2n) is 4.89. The topological polar surface area (TPSA) is 26.0 Å². The van der Waals surface area contributed by atoms with Crippen LogP contribution in [0.25, 0.3) is 0 Å². The normalized spacial score (nSPS) is 13.4. The van der Waals surface area contributed by atoms with Crippen molar-refractivity contribution in [2.75, 3.05) is 6.54 Å². The van der Waals surface area contributed by atoms with Gasteiger partial charge in [-0.3, -0.25) is 0 Å². The molecule has 2 aromatic carbocycles. The number of rotatable bonds is 4. The molecule has 0 heterocycles. The third-order valence-electron chi connectivity index (χ3n) is 3.57. The summed E-state index contributed by atoms with van der Waals surface area (Å²) in [4.78, 5) is 0. The van der Waals surface area contributed by atoms with Crippen molar-refractivity contribution >= 4 is 24.0 Å². The molecule has 0 bridgehead atoms. The third kappa shape index (κ3) is 4.40. The molecule has 5 heteroatoms. The molecule has 0 aliphatic heterocycles. The van der Waals surface area contributed by atoms with Crippen molar-refractivity contribution in [3.8, 4) is 0 Å². The summed E-state index contributed by atoms with van der Waals surface area (Å²) >= 11 is 5.86. The van der Waals surface area contributed by atoms with Crippen LogP contribution in [0, 0.1) is 11.6 Å². The van der Waals surface area contributed by atoms with Crippen LogP contribution >= 0.6 is 24.0 Å². The lowest BCUT2D eigenvalue weighted by atomic mass is 9.82. The average Bonchev–Trinajstić information content (AvgIpc) is 2.39. The van der Waals surface area contributed by atoms with Crippen LogP contribution in [0.5, 0.6) is 0 Å². The van der Waals surface area contributed by atoms with Crippen molar-refractivity contribution < 1.29 is 8.78 Å². The Morgan fingerprint density at radius 2 is 1.52 bits per heavy atom. The third-order valence-corrected chi connectivity index (χ3v) is 3.82. The van der Waals surface area contributed by atoms with Crippen LogP contribution in [0.3, 0.4) is 0 Å². The largest absolute Gasteiger partial charge is 0.330 e. The van der Waals surface area contributed by atoms with Gasteiger partial charge in [-0.25, -0.2) is 8.78 Å². The van der Waals surface area contributed by atoms with Crippen LogP contribution in [-0.4, -0.2) is 6.54 Å². The van der Waals surface area contributed by atoms with Gasteiger partial charge in [0.25, 0.3) is 0 Å². The molecule has 0 fully saturated rings. The van der Waals surface area contributed by atoms with Gasteiger partial charge in [-0.2, -0.15) is 0 Å². The first kappa shape index (κ1) is 17.9. The fraction of sp³-hybridized carbons (Fsp3) is 0.250. The first-order valence-corrected chi connectivity index (χ1v) is 6.80. The number of hydrogen-bond donors (Lipinski definition) is 1. The summed E-state index contributed by atoms with van der Waals surface area (Å²) in [7, 11) is 0. The zero-order valence-electron chi connectivity index (χ0n) is 11.5. The van der Waals surface area contributed by atoms with Crippen LogP contribution in [0.1, 0.15) is 29.9 Å². The van der Waals surface area contributed by atoms with E-state index in [4.69, 9.17) is 17.3 Å². The SMILES string of the molecule is CC(c1ccc(Cl)cc1)C(CN)c1cc(F)cc(F)c1.Cl. The van der Waals surface area contributed by atoms with Gasteiger partial charge in [0.15, 0.2) is 0 Å². The van der Waals surface area contributed by atoms with Gasteiger partial charge in [-0.1, -0.05) is 30.7 Å². The summed E-state index contributed by atoms with van der Waals surface area (Å²) < 4.78 is 26.7. The quantitative estimate of drug-likeness (QED) is 0.848. The molecule has 0 saturated heterocycles. The summed E-state index contributed by atoms with van der Waals surface area (Å²) in [5.41, 5.74) is 7.42. The standard InChI is InChI=1S/C16H16ClF2N.ClH/c1-10(11-2-4-13(17)5-3-11)16(9-20)12-6-14(18)8-15(19)7-12;/h2-8,10,16H,9,20H2,1H3;1H. The van der Waals surface area contributed by atoms with E-state index in [1.165, 1.54) is 12.1 Å². The van der Waals surface area contributed by atoms with E-state index >= 15 is 0 Å². The minimum atomic E-state index is -0.582. The number of benzene rings is 2. The van der Waals surface area contributed by atoms with E-state index in [1.807, 2.05) is 19.1 Å². The molecule has 0 aliphatic rings. The van der Waals surface area contributed by atoms with Gasteiger partial charge in [-0.05, 0) is 47.9 Å². The summed E-state index contributed by atoms with van der Waals surface area (Å²) in [6.45, 7) is 2.30. The molecule has 2 N–H and O–H groups in total. The zero-order valence-corrected chi connectivity index (χ0v) is 13.1. The van der Waals surface area contributed by atoms with E-state index < -0.39 is 11.6 Å². The van der Waals surface area contributed by atoms with Gasteiger partial charge in [-0.15, -0.1) is 12.4 Å². The lowest BCUT2D eigenvalue weighted by molar-refractivity contribution is 0.550. The molecule has 2 rings (SSSR count). The van der Waals surface area contributed by atoms with Crippen LogP contribution < -0.4 is 5.73 Å². The second-order valence-corrected chi connectivity index (χ2v) is 5.32. The van der Waals surface area contributed by atoms with E-state index in [0.29, 0.717) is 17.1 Å².